The second-order valence-corrected chi connectivity index (χ2v) is 4.40. The number of hydrogen-bond donors (Lipinski definition) is 2. The first-order valence-corrected chi connectivity index (χ1v) is 6.35. The van der Waals surface area contributed by atoms with Crippen LogP contribution in [0.1, 0.15) is 39.0 Å². The van der Waals surface area contributed by atoms with E-state index in [9.17, 15) is 14.4 Å². The third kappa shape index (κ3) is 4.01. The summed E-state index contributed by atoms with van der Waals surface area (Å²) in [7, 11) is 0. The number of hydrogen-bond acceptors (Lipinski definition) is 3. The van der Waals surface area contributed by atoms with Gasteiger partial charge in [0.2, 0.25) is 11.8 Å². The molecule has 0 aromatic carbocycles. The van der Waals surface area contributed by atoms with Crippen LogP contribution in [0.3, 0.4) is 0 Å². The van der Waals surface area contributed by atoms with Crippen molar-refractivity contribution in [3.63, 3.8) is 0 Å². The fraction of sp³-hybridized carbons (Fsp3) is 0.750. The van der Waals surface area contributed by atoms with E-state index in [0.29, 0.717) is 32.4 Å². The Balaban J connectivity index is 2.37. The predicted octanol–water partition coefficient (Wildman–Crippen LogP) is 0.368. The molecule has 0 spiro atoms. The molecule has 1 saturated heterocycles. The van der Waals surface area contributed by atoms with E-state index in [-0.39, 0.29) is 18.2 Å². The van der Waals surface area contributed by atoms with Gasteiger partial charge in [0.15, 0.2) is 0 Å². The fourth-order valence-electron chi connectivity index (χ4n) is 2.11. The highest BCUT2D eigenvalue weighted by Crippen LogP contribution is 2.15. The lowest BCUT2D eigenvalue weighted by atomic mass is 10.1. The van der Waals surface area contributed by atoms with Crippen LogP contribution in [0.15, 0.2) is 0 Å². The van der Waals surface area contributed by atoms with Crippen molar-refractivity contribution in [2.24, 2.45) is 0 Å². The molecule has 0 saturated carbocycles. The Morgan fingerprint density at radius 1 is 1.50 bits per heavy atom. The fourth-order valence-corrected chi connectivity index (χ4v) is 2.11. The summed E-state index contributed by atoms with van der Waals surface area (Å²) in [5.74, 6) is -1.02. The monoisotopic (exact) mass is 256 g/mol. The zero-order valence-corrected chi connectivity index (χ0v) is 10.6. The molecule has 2 amide bonds. The van der Waals surface area contributed by atoms with E-state index >= 15 is 0 Å². The van der Waals surface area contributed by atoms with Crippen LogP contribution >= 0.6 is 0 Å². The van der Waals surface area contributed by atoms with Gasteiger partial charge in [-0.1, -0.05) is 6.92 Å². The third-order valence-electron chi connectivity index (χ3n) is 3.04. The number of carbonyl (C=O) groups excluding carboxylic acids is 2. The average Bonchev–Trinajstić information content (AvgIpc) is 2.72. The van der Waals surface area contributed by atoms with Gasteiger partial charge < -0.3 is 15.3 Å². The maximum atomic E-state index is 11.9. The van der Waals surface area contributed by atoms with E-state index < -0.39 is 12.0 Å². The van der Waals surface area contributed by atoms with Crippen molar-refractivity contribution < 1.29 is 19.5 Å². The maximum Gasteiger partial charge on any atom is 0.303 e. The van der Waals surface area contributed by atoms with E-state index in [1.54, 1.807) is 4.90 Å². The minimum atomic E-state index is -0.869. The highest BCUT2D eigenvalue weighted by atomic mass is 16.4. The Morgan fingerprint density at radius 3 is 2.72 bits per heavy atom. The van der Waals surface area contributed by atoms with Gasteiger partial charge in [0.25, 0.3) is 0 Å². The highest BCUT2D eigenvalue weighted by Gasteiger charge is 2.31. The Labute approximate surface area is 106 Å². The molecule has 1 unspecified atom stereocenters. The molecule has 1 atom stereocenters. The van der Waals surface area contributed by atoms with E-state index in [1.165, 1.54) is 0 Å². The summed E-state index contributed by atoms with van der Waals surface area (Å²) in [4.78, 5) is 35.4. The van der Waals surface area contributed by atoms with Crippen LogP contribution in [0, 0.1) is 0 Å². The van der Waals surface area contributed by atoms with Crippen LogP contribution < -0.4 is 5.32 Å². The van der Waals surface area contributed by atoms with Crippen molar-refractivity contribution in [3.05, 3.63) is 0 Å². The van der Waals surface area contributed by atoms with Crippen molar-refractivity contribution in [1.82, 2.24) is 10.2 Å². The molecule has 1 fully saturated rings. The molecule has 0 aliphatic carbocycles. The van der Waals surface area contributed by atoms with Gasteiger partial charge in [0.05, 0.1) is 0 Å². The van der Waals surface area contributed by atoms with Crippen LogP contribution in [0.2, 0.25) is 0 Å². The maximum absolute atomic E-state index is 11.9. The van der Waals surface area contributed by atoms with Gasteiger partial charge >= 0.3 is 5.97 Å². The van der Waals surface area contributed by atoms with Crippen LogP contribution in [-0.4, -0.2) is 46.9 Å². The summed E-state index contributed by atoms with van der Waals surface area (Å²) < 4.78 is 0. The van der Waals surface area contributed by atoms with Crippen molar-refractivity contribution in [1.29, 1.82) is 0 Å². The SMILES string of the molecule is CCC(C(=O)NCCCC(=O)O)N1CCCC1=O. The second-order valence-electron chi connectivity index (χ2n) is 4.40. The zero-order chi connectivity index (χ0) is 13.5. The summed E-state index contributed by atoms with van der Waals surface area (Å²) in [6.07, 6.45) is 2.35. The molecule has 0 bridgehead atoms. The Bertz CT molecular complexity index is 330. The molecule has 18 heavy (non-hydrogen) atoms. The van der Waals surface area contributed by atoms with Crippen LogP contribution in [0.5, 0.6) is 0 Å². The molecule has 0 aromatic heterocycles. The minimum Gasteiger partial charge on any atom is -0.481 e. The van der Waals surface area contributed by atoms with E-state index in [0.717, 1.165) is 6.42 Å². The van der Waals surface area contributed by atoms with Gasteiger partial charge in [0.1, 0.15) is 6.04 Å². The summed E-state index contributed by atoms with van der Waals surface area (Å²) in [5, 5.41) is 11.2. The lowest BCUT2D eigenvalue weighted by molar-refractivity contribution is -0.138. The van der Waals surface area contributed by atoms with Gasteiger partial charge in [-0.2, -0.15) is 0 Å². The van der Waals surface area contributed by atoms with Gasteiger partial charge in [-0.05, 0) is 19.3 Å². The number of likely N-dealkylation sites (tertiary alicyclic amines) is 1. The number of carboxylic acids is 1. The highest BCUT2D eigenvalue weighted by molar-refractivity contribution is 5.88. The van der Waals surface area contributed by atoms with Gasteiger partial charge in [-0.15, -0.1) is 0 Å². The Hall–Kier alpha value is -1.59. The topological polar surface area (TPSA) is 86.7 Å². The average molecular weight is 256 g/mol. The van der Waals surface area contributed by atoms with Crippen molar-refractivity contribution in [2.75, 3.05) is 13.1 Å². The number of nitrogens with one attached hydrogen (secondary N) is 1. The summed E-state index contributed by atoms with van der Waals surface area (Å²) in [5.41, 5.74) is 0. The minimum absolute atomic E-state index is 0.0301. The van der Waals surface area contributed by atoms with E-state index in [1.807, 2.05) is 6.92 Å². The molecule has 6 nitrogen and oxygen atoms in total. The van der Waals surface area contributed by atoms with Gasteiger partial charge in [-0.3, -0.25) is 14.4 Å². The molecule has 0 radical (unpaired) electrons. The van der Waals surface area contributed by atoms with E-state index in [4.69, 9.17) is 5.11 Å². The second kappa shape index (κ2) is 6.98. The predicted molar refractivity (Wildman–Crippen MR) is 64.9 cm³/mol. The normalized spacial score (nSPS) is 16.7. The van der Waals surface area contributed by atoms with Crippen LogP contribution in [0.25, 0.3) is 0 Å². The lowest BCUT2D eigenvalue weighted by Gasteiger charge is -2.25. The summed E-state index contributed by atoms with van der Waals surface area (Å²) >= 11 is 0. The Kier molecular flexibility index (Phi) is 5.61. The smallest absolute Gasteiger partial charge is 0.303 e. The molecule has 1 aliphatic heterocycles. The first-order valence-electron chi connectivity index (χ1n) is 6.35. The van der Waals surface area contributed by atoms with Gasteiger partial charge in [0, 0.05) is 25.9 Å². The van der Waals surface area contributed by atoms with Crippen molar-refractivity contribution >= 4 is 17.8 Å². The zero-order valence-electron chi connectivity index (χ0n) is 10.6. The number of amides is 2. The summed E-state index contributed by atoms with van der Waals surface area (Å²) in [6.45, 7) is 2.84. The number of carboxylic acid groups (broad SMARTS) is 1. The molecular weight excluding hydrogens is 236 g/mol. The molecule has 102 valence electrons. The molecule has 0 aromatic rings. The lowest BCUT2D eigenvalue weighted by Crippen LogP contribution is -2.47. The molecule has 2 N–H and O–H groups in total. The quantitative estimate of drug-likeness (QED) is 0.644. The summed E-state index contributed by atoms with van der Waals surface area (Å²) in [6, 6.07) is -0.412. The third-order valence-corrected chi connectivity index (χ3v) is 3.04. The molecule has 6 heteroatoms. The molecule has 1 rings (SSSR count). The number of aliphatic carboxylic acids is 1. The number of rotatable bonds is 7. The van der Waals surface area contributed by atoms with Gasteiger partial charge in [-0.25, -0.2) is 0 Å². The molecule has 1 aliphatic rings. The molecule has 1 heterocycles. The first kappa shape index (κ1) is 14.5. The van der Waals surface area contributed by atoms with Crippen LogP contribution in [0.4, 0.5) is 0 Å². The number of carbonyl (C=O) groups is 3. The van der Waals surface area contributed by atoms with Crippen molar-refractivity contribution in [2.45, 2.75) is 45.1 Å². The first-order chi connectivity index (χ1) is 8.56. The molecular formula is C12H20N2O4. The van der Waals surface area contributed by atoms with E-state index in [2.05, 4.69) is 5.32 Å². The van der Waals surface area contributed by atoms with Crippen LogP contribution in [-0.2, 0) is 14.4 Å². The largest absolute Gasteiger partial charge is 0.481 e. The Morgan fingerprint density at radius 2 is 2.22 bits per heavy atom. The standard InChI is InChI=1S/C12H20N2O4/c1-2-9(14-8-4-5-10(14)15)12(18)13-7-3-6-11(16)17/h9H,2-8H2,1H3,(H,13,18)(H,16,17). The van der Waals surface area contributed by atoms with Crippen molar-refractivity contribution in [3.8, 4) is 0 Å². The number of nitrogens with zero attached hydrogens (tertiary/aromatic N) is 1.